The molecule has 0 aliphatic heterocycles. The van der Waals surface area contributed by atoms with Crippen LogP contribution in [0.3, 0.4) is 0 Å². The van der Waals surface area contributed by atoms with Gasteiger partial charge in [-0.05, 0) is 19.1 Å². The molecule has 2 aromatic rings. The zero-order valence-corrected chi connectivity index (χ0v) is 12.6. The van der Waals surface area contributed by atoms with Crippen molar-refractivity contribution in [1.29, 1.82) is 0 Å². The fraction of sp³-hybridized carbons (Fsp3) is 0.231. The van der Waals surface area contributed by atoms with E-state index >= 15 is 0 Å². The first-order chi connectivity index (χ1) is 11.7. The molecular formula is C13H11F3N4O5. The summed E-state index contributed by atoms with van der Waals surface area (Å²) in [6.07, 6.45) is -4.75. The highest BCUT2D eigenvalue weighted by molar-refractivity contribution is 6.00. The molecule has 0 aliphatic rings. The van der Waals surface area contributed by atoms with E-state index in [-0.39, 0.29) is 18.0 Å². The molecular weight excluding hydrogens is 349 g/mol. The quantitative estimate of drug-likeness (QED) is 0.620. The second kappa shape index (κ2) is 7.07. The molecule has 1 aromatic heterocycles. The van der Waals surface area contributed by atoms with E-state index in [4.69, 9.17) is 4.74 Å². The number of alkyl halides is 3. The van der Waals surface area contributed by atoms with Crippen LogP contribution in [0.5, 0.6) is 5.75 Å². The number of aromatic nitrogens is 1. The first-order valence-electron chi connectivity index (χ1n) is 6.74. The number of amides is 2. The van der Waals surface area contributed by atoms with E-state index < -0.39 is 34.4 Å². The first-order valence-corrected chi connectivity index (χ1v) is 6.74. The summed E-state index contributed by atoms with van der Waals surface area (Å²) in [7, 11) is 0. The Morgan fingerprint density at radius 2 is 2.08 bits per heavy atom. The summed E-state index contributed by atoms with van der Waals surface area (Å²) in [6, 6.07) is 3.18. The lowest BCUT2D eigenvalue weighted by Crippen LogP contribution is -2.20. The van der Waals surface area contributed by atoms with E-state index in [0.29, 0.717) is 6.07 Å². The van der Waals surface area contributed by atoms with Crippen LogP contribution in [0.15, 0.2) is 28.8 Å². The van der Waals surface area contributed by atoms with Crippen molar-refractivity contribution >= 4 is 23.2 Å². The van der Waals surface area contributed by atoms with E-state index in [0.717, 1.165) is 6.07 Å². The summed E-state index contributed by atoms with van der Waals surface area (Å²) >= 11 is 0. The molecule has 9 nitrogen and oxygen atoms in total. The van der Waals surface area contributed by atoms with Gasteiger partial charge in [-0.2, -0.15) is 13.2 Å². The van der Waals surface area contributed by atoms with Gasteiger partial charge in [0.1, 0.15) is 11.4 Å². The van der Waals surface area contributed by atoms with Gasteiger partial charge >= 0.3 is 12.2 Å². The van der Waals surface area contributed by atoms with Gasteiger partial charge in [-0.3, -0.25) is 15.4 Å². The van der Waals surface area contributed by atoms with Crippen LogP contribution in [0, 0.1) is 10.1 Å². The summed E-state index contributed by atoms with van der Waals surface area (Å²) in [5, 5.41) is 18.2. The third-order valence-electron chi connectivity index (χ3n) is 2.76. The Bertz CT molecular complexity index is 790. The number of urea groups is 1. The zero-order valence-electron chi connectivity index (χ0n) is 12.6. The van der Waals surface area contributed by atoms with Gasteiger partial charge in [0.2, 0.25) is 5.76 Å². The van der Waals surface area contributed by atoms with Crippen LogP contribution in [0.1, 0.15) is 12.7 Å². The summed E-state index contributed by atoms with van der Waals surface area (Å²) in [5.41, 5.74) is -0.622. The highest BCUT2D eigenvalue weighted by atomic mass is 19.4. The van der Waals surface area contributed by atoms with Crippen LogP contribution in [0.4, 0.5) is 35.2 Å². The number of nitro groups is 1. The normalized spacial score (nSPS) is 11.0. The van der Waals surface area contributed by atoms with Gasteiger partial charge in [-0.1, -0.05) is 5.16 Å². The van der Waals surface area contributed by atoms with Crippen LogP contribution in [0.25, 0.3) is 0 Å². The maximum atomic E-state index is 12.4. The Hall–Kier alpha value is -3.31. The maximum absolute atomic E-state index is 12.4. The molecule has 0 saturated carbocycles. The van der Waals surface area contributed by atoms with Crippen molar-refractivity contribution in [2.45, 2.75) is 13.1 Å². The average Bonchev–Trinajstić information content (AvgIpc) is 2.97. The zero-order chi connectivity index (χ0) is 18.6. The summed E-state index contributed by atoms with van der Waals surface area (Å²) in [6.45, 7) is 1.98. The van der Waals surface area contributed by atoms with Gasteiger partial charge in [0.05, 0.1) is 17.6 Å². The highest BCUT2D eigenvalue weighted by Crippen LogP contribution is 2.31. The summed E-state index contributed by atoms with van der Waals surface area (Å²) < 4.78 is 46.3. The lowest BCUT2D eigenvalue weighted by Gasteiger charge is -2.08. The number of hydrogen-bond donors (Lipinski definition) is 2. The van der Waals surface area contributed by atoms with Crippen LogP contribution < -0.4 is 15.4 Å². The Morgan fingerprint density at radius 1 is 1.36 bits per heavy atom. The molecule has 0 unspecified atom stereocenters. The van der Waals surface area contributed by atoms with Gasteiger partial charge in [-0.25, -0.2) is 4.79 Å². The molecule has 0 aliphatic carbocycles. The molecule has 0 saturated heterocycles. The fourth-order valence-corrected chi connectivity index (χ4v) is 1.76. The topological polar surface area (TPSA) is 120 Å². The molecule has 1 aromatic carbocycles. The number of nitrogens with zero attached hydrogens (tertiary/aromatic N) is 2. The lowest BCUT2D eigenvalue weighted by molar-refractivity contribution is -0.384. The predicted molar refractivity (Wildman–Crippen MR) is 78.4 cm³/mol. The highest BCUT2D eigenvalue weighted by Gasteiger charge is 2.36. The molecule has 0 fully saturated rings. The van der Waals surface area contributed by atoms with Crippen molar-refractivity contribution < 1.29 is 32.1 Å². The number of carbonyl (C=O) groups is 1. The fourth-order valence-electron chi connectivity index (χ4n) is 1.76. The molecule has 1 heterocycles. The van der Waals surface area contributed by atoms with Crippen LogP contribution in [-0.4, -0.2) is 22.7 Å². The van der Waals surface area contributed by atoms with Crippen molar-refractivity contribution in [3.05, 3.63) is 40.1 Å². The Kier molecular flexibility index (Phi) is 5.10. The average molecular weight is 360 g/mol. The number of anilines is 2. The number of benzene rings is 1. The number of carbonyl (C=O) groups excluding carboxylic acids is 1. The minimum atomic E-state index is -4.75. The number of nitro benzene ring substituents is 1. The molecule has 134 valence electrons. The largest absolute Gasteiger partial charge is 0.494 e. The van der Waals surface area contributed by atoms with Gasteiger partial charge in [-0.15, -0.1) is 0 Å². The van der Waals surface area contributed by atoms with E-state index in [1.54, 1.807) is 6.92 Å². The van der Waals surface area contributed by atoms with Gasteiger partial charge in [0.15, 0.2) is 5.82 Å². The maximum Gasteiger partial charge on any atom is 0.452 e. The minimum Gasteiger partial charge on any atom is -0.494 e. The van der Waals surface area contributed by atoms with Crippen molar-refractivity contribution in [3.63, 3.8) is 0 Å². The monoisotopic (exact) mass is 360 g/mol. The summed E-state index contributed by atoms with van der Waals surface area (Å²) in [5.74, 6) is -1.67. The standard InChI is InChI=1S/C13H11F3N4O5/c1-2-24-7-3-4-8(9(5-7)20(22)23)17-12(21)18-11-6-10(25-19-11)13(14,15)16/h3-6H,2H2,1H3,(H2,17,18,19,21). The third-order valence-corrected chi connectivity index (χ3v) is 2.76. The second-order valence-electron chi connectivity index (χ2n) is 4.52. The van der Waals surface area contributed by atoms with E-state index in [1.807, 2.05) is 5.32 Å². The molecule has 2 amide bonds. The van der Waals surface area contributed by atoms with Gasteiger partial charge in [0, 0.05) is 6.07 Å². The molecule has 12 heteroatoms. The van der Waals surface area contributed by atoms with Crippen molar-refractivity contribution in [2.75, 3.05) is 17.2 Å². The third kappa shape index (κ3) is 4.59. The number of hydrogen-bond acceptors (Lipinski definition) is 6. The molecule has 0 radical (unpaired) electrons. The number of nitrogens with one attached hydrogen (secondary N) is 2. The second-order valence-corrected chi connectivity index (χ2v) is 4.52. The predicted octanol–water partition coefficient (Wildman–Crippen LogP) is 3.64. The molecule has 0 spiro atoms. The molecule has 2 rings (SSSR count). The van der Waals surface area contributed by atoms with Gasteiger partial charge < -0.3 is 14.6 Å². The molecule has 2 N–H and O–H groups in total. The first kappa shape index (κ1) is 18.0. The van der Waals surface area contributed by atoms with Gasteiger partial charge in [0.25, 0.3) is 5.69 Å². The van der Waals surface area contributed by atoms with Crippen LogP contribution in [-0.2, 0) is 6.18 Å². The van der Waals surface area contributed by atoms with Crippen LogP contribution in [0.2, 0.25) is 0 Å². The Balaban J connectivity index is 2.12. The van der Waals surface area contributed by atoms with E-state index in [9.17, 15) is 28.1 Å². The summed E-state index contributed by atoms with van der Waals surface area (Å²) in [4.78, 5) is 22.1. The number of halogens is 3. The molecule has 0 atom stereocenters. The van der Waals surface area contributed by atoms with E-state index in [2.05, 4.69) is 15.0 Å². The number of ether oxygens (including phenoxy) is 1. The van der Waals surface area contributed by atoms with E-state index in [1.165, 1.54) is 12.1 Å². The number of rotatable bonds is 5. The minimum absolute atomic E-state index is 0.175. The lowest BCUT2D eigenvalue weighted by atomic mass is 10.2. The smallest absolute Gasteiger partial charge is 0.452 e. The van der Waals surface area contributed by atoms with Crippen molar-refractivity contribution in [2.24, 2.45) is 0 Å². The Labute approximate surface area is 137 Å². The SMILES string of the molecule is CCOc1ccc(NC(=O)Nc2cc(C(F)(F)F)on2)c([N+](=O)[O-])c1. The molecule has 25 heavy (non-hydrogen) atoms. The Morgan fingerprint density at radius 3 is 2.64 bits per heavy atom. The van der Waals surface area contributed by atoms with Crippen molar-refractivity contribution in [3.8, 4) is 5.75 Å². The molecule has 0 bridgehead atoms. The van der Waals surface area contributed by atoms with Crippen molar-refractivity contribution in [1.82, 2.24) is 5.16 Å². The van der Waals surface area contributed by atoms with Crippen LogP contribution >= 0.6 is 0 Å².